The third kappa shape index (κ3) is 2.59. The van der Waals surface area contributed by atoms with E-state index in [-0.39, 0.29) is 0 Å². The molecule has 0 aliphatic carbocycles. The number of nitrogens with zero attached hydrogens (tertiary/aromatic N) is 5. The molecule has 4 aromatic rings. The lowest BCUT2D eigenvalue weighted by Crippen LogP contribution is -2.37. The lowest BCUT2D eigenvalue weighted by atomic mass is 10.3. The molecule has 0 unspecified atom stereocenters. The molecule has 1 aliphatic rings. The van der Waals surface area contributed by atoms with Crippen molar-refractivity contribution >= 4 is 22.9 Å². The predicted molar refractivity (Wildman–Crippen MR) is 94.8 cm³/mol. The van der Waals surface area contributed by atoms with Gasteiger partial charge in [-0.2, -0.15) is 19.6 Å². The van der Waals surface area contributed by atoms with Gasteiger partial charge in [-0.05, 0) is 23.6 Å². The molecule has 8 heteroatoms. The standard InChI is InChI=1S/C17H15N5O2S/c1-3-13(24-7-1)12-11-15-18-17(21-5-8-23-9-6-21)19-16(22(15)20-12)14-4-2-10-25-14/h1-4,7,10-11H,5-6,8-9H2. The van der Waals surface area contributed by atoms with Crippen LogP contribution in [0.4, 0.5) is 5.95 Å². The van der Waals surface area contributed by atoms with Gasteiger partial charge in [-0.25, -0.2) is 0 Å². The largest absolute Gasteiger partial charge is 0.463 e. The molecular weight excluding hydrogens is 338 g/mol. The highest BCUT2D eigenvalue weighted by molar-refractivity contribution is 7.13. The Bertz CT molecular complexity index is 988. The Morgan fingerprint density at radius 1 is 1.08 bits per heavy atom. The van der Waals surface area contributed by atoms with Gasteiger partial charge in [-0.3, -0.25) is 0 Å². The van der Waals surface area contributed by atoms with Crippen LogP contribution in [-0.4, -0.2) is 45.9 Å². The topological polar surface area (TPSA) is 68.7 Å². The Labute approximate surface area is 147 Å². The number of aromatic nitrogens is 4. The number of furan rings is 1. The Kier molecular flexibility index (Phi) is 3.50. The average molecular weight is 353 g/mol. The quantitative estimate of drug-likeness (QED) is 0.564. The monoisotopic (exact) mass is 353 g/mol. The minimum Gasteiger partial charge on any atom is -0.463 e. The third-order valence-corrected chi connectivity index (χ3v) is 4.99. The lowest BCUT2D eigenvalue weighted by Gasteiger charge is -2.26. The van der Waals surface area contributed by atoms with Crippen molar-refractivity contribution in [2.45, 2.75) is 0 Å². The molecule has 0 atom stereocenters. The summed E-state index contributed by atoms with van der Waals surface area (Å²) in [5, 5.41) is 6.70. The van der Waals surface area contributed by atoms with Crippen molar-refractivity contribution in [3.63, 3.8) is 0 Å². The van der Waals surface area contributed by atoms with E-state index in [0.717, 1.165) is 40.9 Å². The van der Waals surface area contributed by atoms with Crippen molar-refractivity contribution in [2.75, 3.05) is 31.2 Å². The van der Waals surface area contributed by atoms with Crippen LogP contribution in [0.1, 0.15) is 0 Å². The number of hydrogen-bond donors (Lipinski definition) is 0. The van der Waals surface area contributed by atoms with Gasteiger partial charge in [0.15, 0.2) is 17.2 Å². The summed E-state index contributed by atoms with van der Waals surface area (Å²) in [6, 6.07) is 9.73. The molecule has 0 amide bonds. The zero-order valence-electron chi connectivity index (χ0n) is 13.3. The number of rotatable bonds is 3. The molecule has 0 spiro atoms. The van der Waals surface area contributed by atoms with Crippen LogP contribution in [0.15, 0.2) is 46.4 Å². The third-order valence-electron chi connectivity index (χ3n) is 4.12. The molecule has 1 fully saturated rings. The Balaban J connectivity index is 1.69. The van der Waals surface area contributed by atoms with Gasteiger partial charge in [-0.1, -0.05) is 6.07 Å². The minimum absolute atomic E-state index is 0.694. The van der Waals surface area contributed by atoms with Crippen molar-refractivity contribution in [1.29, 1.82) is 0 Å². The summed E-state index contributed by atoms with van der Waals surface area (Å²) in [6.45, 7) is 2.97. The van der Waals surface area contributed by atoms with E-state index in [9.17, 15) is 0 Å². The fourth-order valence-electron chi connectivity index (χ4n) is 2.89. The minimum atomic E-state index is 0.694. The van der Waals surface area contributed by atoms with Gasteiger partial charge in [0.25, 0.3) is 0 Å². The number of morpholine rings is 1. The van der Waals surface area contributed by atoms with Crippen LogP contribution in [-0.2, 0) is 4.74 Å². The van der Waals surface area contributed by atoms with E-state index in [1.54, 1.807) is 22.1 Å². The van der Waals surface area contributed by atoms with E-state index in [2.05, 4.69) is 10.00 Å². The van der Waals surface area contributed by atoms with Gasteiger partial charge in [0.1, 0.15) is 5.69 Å². The maximum Gasteiger partial charge on any atom is 0.229 e. The molecule has 5 heterocycles. The first-order chi connectivity index (χ1) is 12.4. The summed E-state index contributed by atoms with van der Waals surface area (Å²) in [7, 11) is 0. The smallest absolute Gasteiger partial charge is 0.229 e. The number of fused-ring (bicyclic) bond motifs is 1. The zero-order valence-corrected chi connectivity index (χ0v) is 14.1. The van der Waals surface area contributed by atoms with Crippen molar-refractivity contribution < 1.29 is 9.15 Å². The maximum atomic E-state index is 5.48. The average Bonchev–Trinajstić information content (AvgIpc) is 3.42. The van der Waals surface area contributed by atoms with Gasteiger partial charge in [0.05, 0.1) is 24.4 Å². The highest BCUT2D eigenvalue weighted by Gasteiger charge is 2.20. The molecule has 0 aromatic carbocycles. The first kappa shape index (κ1) is 14.6. The number of ether oxygens (including phenoxy) is 1. The van der Waals surface area contributed by atoms with Gasteiger partial charge >= 0.3 is 0 Å². The second-order valence-electron chi connectivity index (χ2n) is 5.70. The summed E-state index contributed by atoms with van der Waals surface area (Å²) in [5.74, 6) is 2.22. The molecule has 1 aliphatic heterocycles. The molecule has 0 bridgehead atoms. The zero-order chi connectivity index (χ0) is 16.6. The maximum absolute atomic E-state index is 5.48. The first-order valence-corrected chi connectivity index (χ1v) is 8.95. The van der Waals surface area contributed by atoms with Gasteiger partial charge < -0.3 is 14.1 Å². The molecule has 5 rings (SSSR count). The number of hydrogen-bond acceptors (Lipinski definition) is 7. The SMILES string of the molecule is c1coc(-c2cc3nc(N4CCOCC4)nc(-c4cccs4)n3n2)c1. The van der Waals surface area contributed by atoms with Crippen molar-refractivity contribution in [2.24, 2.45) is 0 Å². The van der Waals surface area contributed by atoms with Crippen LogP contribution in [0.2, 0.25) is 0 Å². The molecule has 0 N–H and O–H groups in total. The Morgan fingerprint density at radius 3 is 2.76 bits per heavy atom. The Morgan fingerprint density at radius 2 is 2.00 bits per heavy atom. The van der Waals surface area contributed by atoms with Gasteiger partial charge in [0, 0.05) is 19.2 Å². The lowest BCUT2D eigenvalue weighted by molar-refractivity contribution is 0.122. The molecular formula is C17H15N5O2S. The summed E-state index contributed by atoms with van der Waals surface area (Å²) >= 11 is 1.64. The highest BCUT2D eigenvalue weighted by atomic mass is 32.1. The summed E-state index contributed by atoms with van der Waals surface area (Å²) in [6.07, 6.45) is 1.64. The second-order valence-corrected chi connectivity index (χ2v) is 6.65. The van der Waals surface area contributed by atoms with Crippen LogP contribution in [0.5, 0.6) is 0 Å². The molecule has 0 radical (unpaired) electrons. The van der Waals surface area contributed by atoms with Crippen LogP contribution in [0.3, 0.4) is 0 Å². The molecule has 25 heavy (non-hydrogen) atoms. The summed E-state index contributed by atoms with van der Waals surface area (Å²) in [5.41, 5.74) is 1.50. The molecule has 7 nitrogen and oxygen atoms in total. The summed E-state index contributed by atoms with van der Waals surface area (Å²) < 4.78 is 12.7. The predicted octanol–water partition coefficient (Wildman–Crippen LogP) is 2.95. The highest BCUT2D eigenvalue weighted by Crippen LogP contribution is 2.28. The van der Waals surface area contributed by atoms with Crippen LogP contribution in [0, 0.1) is 0 Å². The van der Waals surface area contributed by atoms with E-state index in [4.69, 9.17) is 19.1 Å². The van der Waals surface area contributed by atoms with Crippen molar-refractivity contribution in [3.8, 4) is 22.2 Å². The van der Waals surface area contributed by atoms with Crippen LogP contribution < -0.4 is 4.90 Å². The molecule has 126 valence electrons. The van der Waals surface area contributed by atoms with Crippen LogP contribution in [0.25, 0.3) is 27.8 Å². The van der Waals surface area contributed by atoms with Gasteiger partial charge in [-0.15, -0.1) is 11.3 Å². The van der Waals surface area contributed by atoms with E-state index in [1.165, 1.54) is 0 Å². The van der Waals surface area contributed by atoms with Crippen LogP contribution >= 0.6 is 11.3 Å². The second kappa shape index (κ2) is 5.98. The van der Waals surface area contributed by atoms with E-state index in [1.807, 2.05) is 35.7 Å². The number of anilines is 1. The fraction of sp³-hybridized carbons (Fsp3) is 0.235. The first-order valence-electron chi connectivity index (χ1n) is 8.07. The van der Waals surface area contributed by atoms with E-state index in [0.29, 0.717) is 19.2 Å². The van der Waals surface area contributed by atoms with Gasteiger partial charge in [0.2, 0.25) is 5.95 Å². The fourth-order valence-corrected chi connectivity index (χ4v) is 3.59. The Hall–Kier alpha value is -2.71. The molecule has 4 aromatic heterocycles. The van der Waals surface area contributed by atoms with Crippen molar-refractivity contribution in [1.82, 2.24) is 19.6 Å². The normalized spacial score (nSPS) is 15.1. The molecule has 1 saturated heterocycles. The van der Waals surface area contributed by atoms with Crippen molar-refractivity contribution in [3.05, 3.63) is 42.0 Å². The molecule has 0 saturated carbocycles. The van der Waals surface area contributed by atoms with E-state index < -0.39 is 0 Å². The number of thiophene rings is 1. The van der Waals surface area contributed by atoms with E-state index >= 15 is 0 Å². The summed E-state index contributed by atoms with van der Waals surface area (Å²) in [4.78, 5) is 12.7.